The zero-order valence-electron chi connectivity index (χ0n) is 21.8. The van der Waals surface area contributed by atoms with Crippen LogP contribution < -0.4 is 5.32 Å². The molecule has 2 N–H and O–H groups in total. The lowest BCUT2D eigenvalue weighted by molar-refractivity contribution is 0.0422. The van der Waals surface area contributed by atoms with E-state index in [-0.39, 0.29) is 11.5 Å². The largest absolute Gasteiger partial charge is 0.342 e. The molecule has 0 aliphatic carbocycles. The second kappa shape index (κ2) is 10.8. The number of hydrogen-bond donors (Lipinski definition) is 2. The smallest absolute Gasteiger partial charge is 0.137 e. The third kappa shape index (κ3) is 4.63. The molecule has 4 heteroatoms. The van der Waals surface area contributed by atoms with Crippen molar-refractivity contribution in [1.29, 1.82) is 0 Å². The fourth-order valence-corrected chi connectivity index (χ4v) is 6.10. The molecule has 1 saturated heterocycles. The number of benzene rings is 3. The second-order valence-electron chi connectivity index (χ2n) is 10.1. The van der Waals surface area contributed by atoms with Crippen molar-refractivity contribution in [2.24, 2.45) is 0 Å². The summed E-state index contributed by atoms with van der Waals surface area (Å²) in [6.07, 6.45) is 2.10. The first-order valence-corrected chi connectivity index (χ1v) is 13.3. The van der Waals surface area contributed by atoms with Crippen LogP contribution in [0.2, 0.25) is 0 Å². The Morgan fingerprint density at radius 2 is 1.42 bits per heavy atom. The van der Waals surface area contributed by atoms with Gasteiger partial charge in [0.2, 0.25) is 0 Å². The zero-order chi connectivity index (χ0) is 25.0. The Morgan fingerprint density at radius 1 is 0.833 bits per heavy atom. The number of H-pyrrole nitrogens is 1. The van der Waals surface area contributed by atoms with E-state index < -0.39 is 0 Å². The van der Waals surface area contributed by atoms with Gasteiger partial charge in [0, 0.05) is 43.4 Å². The predicted octanol–water partition coefficient (Wildman–Crippen LogP) is 6.43. The van der Waals surface area contributed by atoms with Gasteiger partial charge in [-0.3, -0.25) is 4.90 Å². The molecule has 0 radical (unpaired) electrons. The second-order valence-corrected chi connectivity index (χ2v) is 10.1. The highest BCUT2D eigenvalue weighted by Gasteiger charge is 2.49. The van der Waals surface area contributed by atoms with Crippen LogP contribution in [0.5, 0.6) is 0 Å². The average molecular weight is 479 g/mol. The number of nitrogens with zero attached hydrogens (tertiary/aromatic N) is 2. The van der Waals surface area contributed by atoms with E-state index in [1.54, 1.807) is 0 Å². The summed E-state index contributed by atoms with van der Waals surface area (Å²) in [5.74, 6) is 1.11. The first kappa shape index (κ1) is 24.5. The molecule has 1 unspecified atom stereocenters. The molecule has 0 saturated carbocycles. The summed E-state index contributed by atoms with van der Waals surface area (Å²) in [6, 6.07) is 30.8. The summed E-state index contributed by atoms with van der Waals surface area (Å²) in [5.41, 5.74) is 7.15. The fourth-order valence-electron chi connectivity index (χ4n) is 6.10. The lowest BCUT2D eigenvalue weighted by atomic mass is 9.68. The molecule has 1 atom stereocenters. The molecule has 1 aliphatic heterocycles. The van der Waals surface area contributed by atoms with Crippen LogP contribution in [0, 0.1) is 13.8 Å². The monoisotopic (exact) mass is 478 g/mol. The summed E-state index contributed by atoms with van der Waals surface area (Å²) in [7, 11) is 0. The van der Waals surface area contributed by atoms with Gasteiger partial charge in [-0.05, 0) is 31.4 Å². The molecule has 1 aliphatic rings. The van der Waals surface area contributed by atoms with Gasteiger partial charge in [0.05, 0.1) is 11.2 Å². The highest BCUT2D eigenvalue weighted by molar-refractivity contribution is 5.57. The lowest BCUT2D eigenvalue weighted by Gasteiger charge is -2.50. The highest BCUT2D eigenvalue weighted by Crippen LogP contribution is 2.50. The lowest BCUT2D eigenvalue weighted by Crippen LogP contribution is -2.57. The van der Waals surface area contributed by atoms with Gasteiger partial charge in [-0.25, -0.2) is 4.98 Å². The topological polar surface area (TPSA) is 44.0 Å². The highest BCUT2D eigenvalue weighted by atomic mass is 15.3. The summed E-state index contributed by atoms with van der Waals surface area (Å²) >= 11 is 0. The van der Waals surface area contributed by atoms with Gasteiger partial charge in [0.1, 0.15) is 5.82 Å². The van der Waals surface area contributed by atoms with Gasteiger partial charge in [-0.2, -0.15) is 0 Å². The number of imidazole rings is 1. The first-order valence-electron chi connectivity index (χ1n) is 13.3. The summed E-state index contributed by atoms with van der Waals surface area (Å²) in [4.78, 5) is 11.8. The maximum absolute atomic E-state index is 5.43. The Morgan fingerprint density at radius 3 is 1.97 bits per heavy atom. The molecule has 0 spiro atoms. The third-order valence-electron chi connectivity index (χ3n) is 7.68. The summed E-state index contributed by atoms with van der Waals surface area (Å²) in [5, 5.41) is 3.58. The van der Waals surface area contributed by atoms with Gasteiger partial charge >= 0.3 is 0 Å². The number of nitrogens with one attached hydrogen (secondary N) is 2. The molecule has 1 fully saturated rings. The van der Waals surface area contributed by atoms with Crippen LogP contribution in [-0.4, -0.2) is 41.0 Å². The Bertz CT molecular complexity index is 1200. The maximum Gasteiger partial charge on any atom is 0.137 e. The van der Waals surface area contributed by atoms with Crippen molar-refractivity contribution in [2.75, 3.05) is 26.2 Å². The van der Waals surface area contributed by atoms with Gasteiger partial charge in [-0.1, -0.05) is 104 Å². The fraction of sp³-hybridized carbons (Fsp3) is 0.344. The number of aryl methyl sites for hydroxylation is 2. The number of rotatable bonds is 8. The predicted molar refractivity (Wildman–Crippen MR) is 149 cm³/mol. The Labute approximate surface area is 215 Å². The SMILES string of the molecule is CCCC(c1nc(-c2ccc(C)cc2)[nH]c1C)(C(c1ccccc1)c1ccccc1)N1CCNCC1. The first-order chi connectivity index (χ1) is 17.6. The van der Waals surface area contributed by atoms with Gasteiger partial charge in [0.15, 0.2) is 0 Å². The van der Waals surface area contributed by atoms with Gasteiger partial charge in [-0.15, -0.1) is 0 Å². The van der Waals surface area contributed by atoms with E-state index in [0.29, 0.717) is 0 Å². The van der Waals surface area contributed by atoms with Gasteiger partial charge in [0.25, 0.3) is 0 Å². The molecule has 3 aromatic carbocycles. The van der Waals surface area contributed by atoms with Crippen LogP contribution in [-0.2, 0) is 5.54 Å². The van der Waals surface area contributed by atoms with E-state index in [9.17, 15) is 0 Å². The van der Waals surface area contributed by atoms with Crippen molar-refractivity contribution >= 4 is 0 Å². The van der Waals surface area contributed by atoms with Crippen molar-refractivity contribution < 1.29 is 0 Å². The van der Waals surface area contributed by atoms with E-state index >= 15 is 0 Å². The molecular weight excluding hydrogens is 440 g/mol. The van der Waals surface area contributed by atoms with Gasteiger partial charge < -0.3 is 10.3 Å². The molecule has 0 amide bonds. The Kier molecular flexibility index (Phi) is 7.35. The number of aromatic amines is 1. The van der Waals surface area contributed by atoms with Crippen LogP contribution in [0.1, 0.15) is 53.8 Å². The molecule has 1 aromatic heterocycles. The Hall–Kier alpha value is -3.21. The molecule has 5 rings (SSSR count). The average Bonchev–Trinajstić information content (AvgIpc) is 3.32. The maximum atomic E-state index is 5.43. The summed E-state index contributed by atoms with van der Waals surface area (Å²) < 4.78 is 0. The van der Waals surface area contributed by atoms with Crippen molar-refractivity contribution in [3.8, 4) is 11.4 Å². The van der Waals surface area contributed by atoms with Crippen molar-refractivity contribution in [3.05, 3.63) is 113 Å². The van der Waals surface area contributed by atoms with Crippen LogP contribution in [0.25, 0.3) is 11.4 Å². The van der Waals surface area contributed by atoms with E-state index in [1.807, 2.05) is 0 Å². The number of hydrogen-bond acceptors (Lipinski definition) is 3. The molecule has 36 heavy (non-hydrogen) atoms. The van der Waals surface area contributed by atoms with E-state index in [4.69, 9.17) is 4.98 Å². The van der Waals surface area contributed by atoms with Crippen LogP contribution in [0.3, 0.4) is 0 Å². The molecular formula is C32H38N4. The minimum Gasteiger partial charge on any atom is -0.342 e. The van der Waals surface area contributed by atoms with Crippen molar-refractivity contribution in [2.45, 2.75) is 45.1 Å². The van der Waals surface area contributed by atoms with E-state index in [2.05, 4.69) is 121 Å². The summed E-state index contributed by atoms with van der Waals surface area (Å²) in [6.45, 7) is 10.6. The standard InChI is InChI=1S/C32H38N4/c1-4-19-32(36-22-20-33-21-23-36,29(26-11-7-5-8-12-26)27-13-9-6-10-14-27)30-25(3)34-31(35-30)28-17-15-24(2)16-18-28/h5-18,29,33H,4,19-23H2,1-3H3,(H,34,35). The quantitative estimate of drug-likeness (QED) is 0.307. The van der Waals surface area contributed by atoms with Crippen molar-refractivity contribution in [3.63, 3.8) is 0 Å². The van der Waals surface area contributed by atoms with Crippen LogP contribution in [0.15, 0.2) is 84.9 Å². The minimum atomic E-state index is -0.275. The molecule has 4 nitrogen and oxygen atoms in total. The minimum absolute atomic E-state index is 0.158. The van der Waals surface area contributed by atoms with Crippen molar-refractivity contribution in [1.82, 2.24) is 20.2 Å². The molecule has 0 bridgehead atoms. The van der Waals surface area contributed by atoms with Crippen LogP contribution >= 0.6 is 0 Å². The molecule has 4 aromatic rings. The molecule has 2 heterocycles. The van der Waals surface area contributed by atoms with Crippen LogP contribution in [0.4, 0.5) is 0 Å². The Balaban J connectivity index is 1.76. The number of piperazine rings is 1. The van der Waals surface area contributed by atoms with E-state index in [0.717, 1.165) is 56.1 Å². The third-order valence-corrected chi connectivity index (χ3v) is 7.68. The normalized spacial score (nSPS) is 16.2. The zero-order valence-corrected chi connectivity index (χ0v) is 21.8. The van der Waals surface area contributed by atoms with E-state index in [1.165, 1.54) is 22.4 Å². The molecule has 186 valence electrons. The number of aromatic nitrogens is 2.